The Bertz CT molecular complexity index is 554. The van der Waals surface area contributed by atoms with Crippen molar-refractivity contribution in [3.05, 3.63) is 41.2 Å². The highest BCUT2D eigenvalue weighted by Crippen LogP contribution is 2.07. The lowest BCUT2D eigenvalue weighted by molar-refractivity contribution is 0.0949. The zero-order valence-corrected chi connectivity index (χ0v) is 10.6. The Morgan fingerprint density at radius 3 is 3.06 bits per heavy atom. The van der Waals surface area contributed by atoms with Gasteiger partial charge in [-0.05, 0) is 12.1 Å². The lowest BCUT2D eigenvalue weighted by Crippen LogP contribution is -2.27. The van der Waals surface area contributed by atoms with Gasteiger partial charge in [0.05, 0.1) is 0 Å². The van der Waals surface area contributed by atoms with Crippen LogP contribution in [0.15, 0.2) is 24.7 Å². The molecule has 0 atom stereocenters. The molecular weight excluding hydrogens is 254 g/mol. The van der Waals surface area contributed by atoms with Crippen LogP contribution in [0.4, 0.5) is 0 Å². The van der Waals surface area contributed by atoms with Gasteiger partial charge in [-0.15, -0.1) is 10.2 Å². The van der Waals surface area contributed by atoms with Gasteiger partial charge in [-0.25, -0.2) is 0 Å². The average molecular weight is 266 g/mol. The molecule has 2 aromatic rings. The van der Waals surface area contributed by atoms with Crippen molar-refractivity contribution in [1.82, 2.24) is 25.1 Å². The van der Waals surface area contributed by atoms with Crippen molar-refractivity contribution >= 4 is 17.5 Å². The van der Waals surface area contributed by atoms with Gasteiger partial charge in [-0.3, -0.25) is 9.78 Å². The van der Waals surface area contributed by atoms with Crippen LogP contribution in [0.5, 0.6) is 0 Å². The van der Waals surface area contributed by atoms with E-state index in [1.165, 1.54) is 12.3 Å². The van der Waals surface area contributed by atoms with Crippen molar-refractivity contribution in [2.24, 2.45) is 7.05 Å². The first kappa shape index (κ1) is 12.5. The van der Waals surface area contributed by atoms with E-state index >= 15 is 0 Å². The van der Waals surface area contributed by atoms with Crippen LogP contribution in [0.1, 0.15) is 16.3 Å². The second-order valence-electron chi connectivity index (χ2n) is 3.72. The predicted molar refractivity (Wildman–Crippen MR) is 66.3 cm³/mol. The molecule has 0 radical (unpaired) electrons. The van der Waals surface area contributed by atoms with Crippen molar-refractivity contribution in [2.45, 2.75) is 6.42 Å². The van der Waals surface area contributed by atoms with Crippen LogP contribution in [0.25, 0.3) is 0 Å². The molecule has 0 aliphatic rings. The van der Waals surface area contributed by atoms with E-state index in [0.29, 0.717) is 23.7 Å². The number of pyridine rings is 1. The molecule has 2 heterocycles. The molecule has 1 N–H and O–H groups in total. The molecule has 6 nitrogen and oxygen atoms in total. The van der Waals surface area contributed by atoms with E-state index in [1.54, 1.807) is 12.4 Å². The molecule has 0 unspecified atom stereocenters. The van der Waals surface area contributed by atoms with E-state index in [4.69, 9.17) is 11.6 Å². The Kier molecular flexibility index (Phi) is 3.88. The molecule has 0 fully saturated rings. The average Bonchev–Trinajstić information content (AvgIpc) is 2.75. The zero-order chi connectivity index (χ0) is 13.0. The molecule has 0 saturated carbocycles. The number of hydrogen-bond donors (Lipinski definition) is 1. The lowest BCUT2D eigenvalue weighted by atomic mass is 10.3. The Labute approximate surface area is 109 Å². The van der Waals surface area contributed by atoms with Gasteiger partial charge in [0.25, 0.3) is 5.91 Å². The summed E-state index contributed by atoms with van der Waals surface area (Å²) >= 11 is 5.78. The van der Waals surface area contributed by atoms with Gasteiger partial charge in [-0.1, -0.05) is 11.6 Å². The topological polar surface area (TPSA) is 72.7 Å². The fourth-order valence-electron chi connectivity index (χ4n) is 1.44. The third kappa shape index (κ3) is 3.04. The van der Waals surface area contributed by atoms with Crippen molar-refractivity contribution in [1.29, 1.82) is 0 Å². The molecule has 0 saturated heterocycles. The first-order valence-electron chi connectivity index (χ1n) is 5.39. The number of rotatable bonds is 4. The largest absolute Gasteiger partial charge is 0.350 e. The molecule has 2 rings (SSSR count). The van der Waals surface area contributed by atoms with Crippen molar-refractivity contribution < 1.29 is 4.79 Å². The van der Waals surface area contributed by atoms with Crippen LogP contribution in [-0.2, 0) is 13.5 Å². The van der Waals surface area contributed by atoms with E-state index in [0.717, 1.165) is 5.82 Å². The van der Waals surface area contributed by atoms with E-state index < -0.39 is 0 Å². The third-order valence-electron chi connectivity index (χ3n) is 2.39. The molecule has 0 spiro atoms. The molecule has 1 amide bonds. The number of amides is 1. The minimum absolute atomic E-state index is 0.250. The number of nitrogens with one attached hydrogen (secondary N) is 1. The molecule has 94 valence electrons. The summed E-state index contributed by atoms with van der Waals surface area (Å²) in [6.45, 7) is 0.472. The monoisotopic (exact) mass is 265 g/mol. The molecule has 2 aromatic heterocycles. The van der Waals surface area contributed by atoms with Gasteiger partial charge in [0.15, 0.2) is 0 Å². The van der Waals surface area contributed by atoms with Crippen LogP contribution in [0, 0.1) is 0 Å². The van der Waals surface area contributed by atoms with E-state index in [9.17, 15) is 4.79 Å². The maximum atomic E-state index is 11.7. The Balaban J connectivity index is 1.87. The summed E-state index contributed by atoms with van der Waals surface area (Å²) in [5.41, 5.74) is 0.306. The molecular formula is C11H12ClN5O. The molecule has 0 aliphatic carbocycles. The highest BCUT2D eigenvalue weighted by atomic mass is 35.5. The lowest BCUT2D eigenvalue weighted by Gasteiger charge is -2.04. The van der Waals surface area contributed by atoms with E-state index in [1.807, 2.05) is 11.6 Å². The third-order valence-corrected chi connectivity index (χ3v) is 2.63. The van der Waals surface area contributed by atoms with Gasteiger partial charge in [0.2, 0.25) is 0 Å². The standard InChI is InChI=1S/C11H12ClN5O/c1-17-7-15-16-10(17)3-5-14-11(18)9-6-8(12)2-4-13-9/h2,4,6-7H,3,5H2,1H3,(H,14,18). The maximum Gasteiger partial charge on any atom is 0.269 e. The molecule has 7 heteroatoms. The summed E-state index contributed by atoms with van der Waals surface area (Å²) in [7, 11) is 1.86. The van der Waals surface area contributed by atoms with Gasteiger partial charge < -0.3 is 9.88 Å². The Morgan fingerprint density at radius 2 is 2.39 bits per heavy atom. The second kappa shape index (κ2) is 5.59. The zero-order valence-electron chi connectivity index (χ0n) is 9.80. The molecule has 0 aliphatic heterocycles. The van der Waals surface area contributed by atoms with Crippen molar-refractivity contribution in [2.75, 3.05) is 6.54 Å². The summed E-state index contributed by atoms with van der Waals surface area (Å²) in [5, 5.41) is 10.9. The highest BCUT2D eigenvalue weighted by Gasteiger charge is 2.07. The summed E-state index contributed by atoms with van der Waals surface area (Å²) < 4.78 is 1.81. The molecule has 0 bridgehead atoms. The molecule has 18 heavy (non-hydrogen) atoms. The molecule has 0 aromatic carbocycles. The predicted octanol–water partition coefficient (Wildman–Crippen LogP) is 0.836. The highest BCUT2D eigenvalue weighted by molar-refractivity contribution is 6.30. The Morgan fingerprint density at radius 1 is 1.56 bits per heavy atom. The van der Waals surface area contributed by atoms with E-state index in [2.05, 4.69) is 20.5 Å². The second-order valence-corrected chi connectivity index (χ2v) is 4.16. The van der Waals surface area contributed by atoms with Gasteiger partial charge >= 0.3 is 0 Å². The fraction of sp³-hybridized carbons (Fsp3) is 0.273. The summed E-state index contributed by atoms with van der Waals surface area (Å²) in [6.07, 6.45) is 3.73. The minimum Gasteiger partial charge on any atom is -0.350 e. The van der Waals surface area contributed by atoms with Crippen LogP contribution in [-0.4, -0.2) is 32.2 Å². The minimum atomic E-state index is -0.250. The fourth-order valence-corrected chi connectivity index (χ4v) is 1.60. The van der Waals surface area contributed by atoms with E-state index in [-0.39, 0.29) is 5.91 Å². The van der Waals surface area contributed by atoms with Gasteiger partial charge in [-0.2, -0.15) is 0 Å². The van der Waals surface area contributed by atoms with Gasteiger partial charge in [0, 0.05) is 31.2 Å². The number of nitrogens with zero attached hydrogens (tertiary/aromatic N) is 4. The van der Waals surface area contributed by atoms with Crippen LogP contribution >= 0.6 is 11.6 Å². The maximum absolute atomic E-state index is 11.7. The summed E-state index contributed by atoms with van der Waals surface area (Å²) in [6, 6.07) is 3.15. The van der Waals surface area contributed by atoms with Crippen molar-refractivity contribution in [3.8, 4) is 0 Å². The van der Waals surface area contributed by atoms with Crippen LogP contribution in [0.2, 0.25) is 5.02 Å². The van der Waals surface area contributed by atoms with Crippen LogP contribution < -0.4 is 5.32 Å². The quantitative estimate of drug-likeness (QED) is 0.889. The Hall–Kier alpha value is -1.95. The number of halogens is 1. The summed E-state index contributed by atoms with van der Waals surface area (Å²) in [5.74, 6) is 0.564. The summed E-state index contributed by atoms with van der Waals surface area (Å²) in [4.78, 5) is 15.7. The first-order chi connectivity index (χ1) is 8.66. The normalized spacial score (nSPS) is 10.3. The number of carbonyl (C=O) groups is 1. The van der Waals surface area contributed by atoms with Crippen molar-refractivity contribution in [3.63, 3.8) is 0 Å². The number of carbonyl (C=O) groups excluding carboxylic acids is 1. The number of aryl methyl sites for hydroxylation is 1. The van der Waals surface area contributed by atoms with Gasteiger partial charge in [0.1, 0.15) is 17.8 Å². The number of aromatic nitrogens is 4. The first-order valence-corrected chi connectivity index (χ1v) is 5.77. The van der Waals surface area contributed by atoms with Crippen LogP contribution in [0.3, 0.4) is 0 Å². The number of hydrogen-bond acceptors (Lipinski definition) is 4. The smallest absolute Gasteiger partial charge is 0.269 e. The SMILES string of the molecule is Cn1cnnc1CCNC(=O)c1cc(Cl)ccn1.